The van der Waals surface area contributed by atoms with Crippen LogP contribution in [0.3, 0.4) is 0 Å². The van der Waals surface area contributed by atoms with E-state index in [1.54, 1.807) is 19.3 Å². The number of rotatable bonds is 4. The first-order chi connectivity index (χ1) is 15.0. The molecule has 1 aliphatic heterocycles. The van der Waals surface area contributed by atoms with E-state index in [4.69, 9.17) is 5.26 Å². The van der Waals surface area contributed by atoms with E-state index in [1.165, 1.54) is 16.8 Å². The van der Waals surface area contributed by atoms with Crippen LogP contribution >= 0.6 is 0 Å². The highest BCUT2D eigenvalue weighted by atomic mass is 16.1. The highest BCUT2D eigenvalue weighted by molar-refractivity contribution is 5.63. The highest BCUT2D eigenvalue weighted by Crippen LogP contribution is 2.27. The molecule has 0 radical (unpaired) electrons. The van der Waals surface area contributed by atoms with E-state index in [1.807, 2.05) is 31.3 Å². The van der Waals surface area contributed by atoms with E-state index in [2.05, 4.69) is 32.5 Å². The van der Waals surface area contributed by atoms with Gasteiger partial charge in [-0.1, -0.05) is 6.58 Å². The van der Waals surface area contributed by atoms with E-state index >= 15 is 0 Å². The SMILES string of the molecule is C=C(/C(C)=C\c1nccc(=O)n1C)N1CCc2ncc(-c3ccc(C#N)nc3)cc2C1. The molecule has 0 aromatic carbocycles. The normalized spacial score (nSPS) is 13.5. The molecule has 154 valence electrons. The van der Waals surface area contributed by atoms with Crippen LogP contribution in [0.1, 0.15) is 29.7 Å². The smallest absolute Gasteiger partial charge is 0.253 e. The van der Waals surface area contributed by atoms with Crippen LogP contribution in [0.25, 0.3) is 17.2 Å². The van der Waals surface area contributed by atoms with Gasteiger partial charge in [0, 0.05) is 73.7 Å². The van der Waals surface area contributed by atoms with Gasteiger partial charge in [-0.05, 0) is 42.3 Å². The van der Waals surface area contributed by atoms with Crippen molar-refractivity contribution in [2.45, 2.75) is 19.9 Å². The molecular formula is C24H22N6O. The Morgan fingerprint density at radius 3 is 2.74 bits per heavy atom. The summed E-state index contributed by atoms with van der Waals surface area (Å²) in [5.74, 6) is 0.598. The van der Waals surface area contributed by atoms with Gasteiger partial charge in [-0.15, -0.1) is 0 Å². The predicted molar refractivity (Wildman–Crippen MR) is 119 cm³/mol. The van der Waals surface area contributed by atoms with Crippen LogP contribution in [-0.2, 0) is 20.0 Å². The van der Waals surface area contributed by atoms with Crippen molar-refractivity contribution in [1.82, 2.24) is 24.4 Å². The molecule has 3 aromatic heterocycles. The summed E-state index contributed by atoms with van der Waals surface area (Å²) in [7, 11) is 1.71. The Morgan fingerprint density at radius 2 is 2.00 bits per heavy atom. The van der Waals surface area contributed by atoms with Crippen molar-refractivity contribution in [1.29, 1.82) is 5.26 Å². The molecule has 0 spiro atoms. The first-order valence-electron chi connectivity index (χ1n) is 9.95. The van der Waals surface area contributed by atoms with Crippen LogP contribution < -0.4 is 5.56 Å². The van der Waals surface area contributed by atoms with Gasteiger partial charge >= 0.3 is 0 Å². The molecule has 3 aromatic rings. The number of hydrogen-bond donors (Lipinski definition) is 0. The van der Waals surface area contributed by atoms with Gasteiger partial charge in [-0.3, -0.25) is 14.3 Å². The summed E-state index contributed by atoms with van der Waals surface area (Å²) in [6.45, 7) is 7.78. The zero-order chi connectivity index (χ0) is 22.0. The van der Waals surface area contributed by atoms with Crippen molar-refractivity contribution in [2.75, 3.05) is 6.54 Å². The van der Waals surface area contributed by atoms with Crippen LogP contribution in [0, 0.1) is 11.3 Å². The topological polar surface area (TPSA) is 87.7 Å². The second-order valence-corrected chi connectivity index (χ2v) is 7.52. The molecule has 4 heterocycles. The van der Waals surface area contributed by atoms with Crippen molar-refractivity contribution in [2.24, 2.45) is 7.05 Å². The minimum atomic E-state index is -0.0949. The zero-order valence-electron chi connectivity index (χ0n) is 17.5. The van der Waals surface area contributed by atoms with E-state index in [9.17, 15) is 4.79 Å². The standard InChI is InChI=1S/C24H22N6O/c1-16(10-23-26-8-6-24(31)29(23)3)17(2)30-9-7-22-20(15-30)11-19(14-28-22)18-4-5-21(12-25)27-13-18/h4-6,8,10-11,13-14H,2,7,9,15H2,1,3H3/b16-10-. The molecule has 7 nitrogen and oxygen atoms in total. The molecule has 0 saturated heterocycles. The van der Waals surface area contributed by atoms with Gasteiger partial charge in [0.2, 0.25) is 0 Å². The maximum atomic E-state index is 11.8. The van der Waals surface area contributed by atoms with Crippen molar-refractivity contribution in [3.8, 4) is 17.2 Å². The van der Waals surface area contributed by atoms with Gasteiger partial charge in [0.05, 0.1) is 0 Å². The molecule has 4 rings (SSSR count). The third kappa shape index (κ3) is 4.14. The van der Waals surface area contributed by atoms with E-state index in [-0.39, 0.29) is 5.56 Å². The van der Waals surface area contributed by atoms with Gasteiger partial charge in [0.15, 0.2) is 0 Å². The summed E-state index contributed by atoms with van der Waals surface area (Å²) in [6, 6.07) is 9.21. The van der Waals surface area contributed by atoms with Crippen LogP contribution in [-0.4, -0.2) is 31.0 Å². The molecule has 0 aliphatic carbocycles. The second kappa shape index (κ2) is 8.36. The molecule has 7 heteroatoms. The van der Waals surface area contributed by atoms with Crippen molar-refractivity contribution in [3.63, 3.8) is 0 Å². The maximum Gasteiger partial charge on any atom is 0.253 e. The summed E-state index contributed by atoms with van der Waals surface area (Å²) in [4.78, 5) is 27.2. The van der Waals surface area contributed by atoms with Gasteiger partial charge in [-0.25, -0.2) is 9.97 Å². The molecule has 1 aliphatic rings. The fourth-order valence-corrected chi connectivity index (χ4v) is 3.59. The van der Waals surface area contributed by atoms with E-state index in [0.717, 1.165) is 46.6 Å². The van der Waals surface area contributed by atoms with Crippen LogP contribution in [0.2, 0.25) is 0 Å². The number of hydrogen-bond acceptors (Lipinski definition) is 6. The largest absolute Gasteiger partial charge is 0.367 e. The minimum absolute atomic E-state index is 0.0949. The number of nitriles is 1. The predicted octanol–water partition coefficient (Wildman–Crippen LogP) is 3.08. The molecule has 0 saturated carbocycles. The fourth-order valence-electron chi connectivity index (χ4n) is 3.59. The third-order valence-corrected chi connectivity index (χ3v) is 5.53. The average molecular weight is 410 g/mol. The summed E-state index contributed by atoms with van der Waals surface area (Å²) in [6.07, 6.45) is 7.79. The molecule has 0 atom stereocenters. The van der Waals surface area contributed by atoms with Gasteiger partial charge in [-0.2, -0.15) is 5.26 Å². The van der Waals surface area contributed by atoms with Crippen molar-refractivity contribution >= 4 is 6.08 Å². The van der Waals surface area contributed by atoms with Crippen molar-refractivity contribution in [3.05, 3.63) is 93.8 Å². The lowest BCUT2D eigenvalue weighted by molar-refractivity contribution is 0.326. The number of fused-ring (bicyclic) bond motifs is 1. The van der Waals surface area contributed by atoms with E-state index < -0.39 is 0 Å². The summed E-state index contributed by atoms with van der Waals surface area (Å²) in [5, 5.41) is 8.94. The third-order valence-electron chi connectivity index (χ3n) is 5.53. The zero-order valence-corrected chi connectivity index (χ0v) is 17.5. The monoisotopic (exact) mass is 410 g/mol. The molecular weight excluding hydrogens is 388 g/mol. The second-order valence-electron chi connectivity index (χ2n) is 7.52. The van der Waals surface area contributed by atoms with Crippen LogP contribution in [0.4, 0.5) is 0 Å². The van der Waals surface area contributed by atoms with E-state index in [0.29, 0.717) is 18.1 Å². The summed E-state index contributed by atoms with van der Waals surface area (Å²) < 4.78 is 1.52. The lowest BCUT2D eigenvalue weighted by atomic mass is 10.00. The Kier molecular flexibility index (Phi) is 5.46. The first kappa shape index (κ1) is 20.2. The maximum absolute atomic E-state index is 11.8. The summed E-state index contributed by atoms with van der Waals surface area (Å²) in [5.41, 5.74) is 6.28. The Hall–Kier alpha value is -4.05. The number of nitrogens with zero attached hydrogens (tertiary/aromatic N) is 6. The Labute approximate surface area is 180 Å². The van der Waals surface area contributed by atoms with Crippen molar-refractivity contribution < 1.29 is 0 Å². The first-order valence-corrected chi connectivity index (χ1v) is 9.95. The molecule has 0 N–H and O–H groups in total. The molecule has 31 heavy (non-hydrogen) atoms. The van der Waals surface area contributed by atoms with Gasteiger partial charge in [0.1, 0.15) is 17.6 Å². The van der Waals surface area contributed by atoms with Crippen LogP contribution in [0.15, 0.2) is 65.5 Å². The minimum Gasteiger partial charge on any atom is -0.367 e. The van der Waals surface area contributed by atoms with Gasteiger partial charge < -0.3 is 4.90 Å². The number of pyridine rings is 2. The summed E-state index contributed by atoms with van der Waals surface area (Å²) >= 11 is 0. The molecule has 0 unspecified atom stereocenters. The van der Waals surface area contributed by atoms with Crippen LogP contribution in [0.5, 0.6) is 0 Å². The quantitative estimate of drug-likeness (QED) is 0.614. The fraction of sp³-hybridized carbons (Fsp3) is 0.208. The number of aromatic nitrogens is 4. The molecule has 0 fully saturated rings. The Balaban J connectivity index is 1.56. The molecule has 0 amide bonds. The molecule has 0 bridgehead atoms. The highest BCUT2D eigenvalue weighted by Gasteiger charge is 2.20. The number of allylic oxidation sites excluding steroid dienone is 1. The lowest BCUT2D eigenvalue weighted by Crippen LogP contribution is -2.30. The average Bonchev–Trinajstić information content (AvgIpc) is 2.80. The Morgan fingerprint density at radius 1 is 1.19 bits per heavy atom. The Bertz CT molecular complexity index is 1280. The van der Waals surface area contributed by atoms with Gasteiger partial charge in [0.25, 0.3) is 5.56 Å². The lowest BCUT2D eigenvalue weighted by Gasteiger charge is -2.32.